The first-order valence-electron chi connectivity index (χ1n) is 17.0. The Morgan fingerprint density at radius 3 is 1.54 bits per heavy atom. The zero-order valence-electron chi connectivity index (χ0n) is 30.5. The van der Waals surface area contributed by atoms with Gasteiger partial charge in [-0.05, 0) is 50.2 Å². The number of nitrogen functional groups attached to an aromatic ring is 1. The minimum atomic E-state index is -0.876. The lowest BCUT2D eigenvalue weighted by molar-refractivity contribution is 0.0944. The lowest BCUT2D eigenvalue weighted by atomic mass is 10.1. The molecule has 0 radical (unpaired) electrons. The molecule has 0 amide bonds. The lowest BCUT2D eigenvalue weighted by Gasteiger charge is -2.18. The molecule has 6 heterocycles. The van der Waals surface area contributed by atoms with Crippen molar-refractivity contribution in [2.24, 2.45) is 0 Å². The van der Waals surface area contributed by atoms with Crippen molar-refractivity contribution in [3.63, 3.8) is 0 Å². The van der Waals surface area contributed by atoms with E-state index < -0.39 is 5.60 Å². The van der Waals surface area contributed by atoms with Crippen molar-refractivity contribution in [1.82, 2.24) is 39.9 Å². The van der Waals surface area contributed by atoms with Gasteiger partial charge in [0.15, 0.2) is 11.6 Å². The van der Waals surface area contributed by atoms with Crippen LogP contribution in [0.2, 0.25) is 20.1 Å². The Hall–Kier alpha value is -6.02. The second-order valence-electron chi connectivity index (χ2n) is 12.9. The molecule has 0 aliphatic rings. The number of nitrogens with two attached hydrogens (primary N) is 1. The maximum atomic E-state index is 9.89. The van der Waals surface area contributed by atoms with Gasteiger partial charge in [0.1, 0.15) is 45.9 Å². The first-order chi connectivity index (χ1) is 28.3. The number of pyridine rings is 2. The van der Waals surface area contributed by atoms with Gasteiger partial charge in [0.05, 0.1) is 69.4 Å². The van der Waals surface area contributed by atoms with Gasteiger partial charge in [0.25, 0.3) is 0 Å². The van der Waals surface area contributed by atoms with E-state index in [1.807, 2.05) is 12.1 Å². The van der Waals surface area contributed by atoms with Gasteiger partial charge in [-0.25, -0.2) is 39.9 Å². The largest absolute Gasteiger partial charge is 0.389 e. The third-order valence-electron chi connectivity index (χ3n) is 7.93. The summed E-state index contributed by atoms with van der Waals surface area (Å²) in [6.07, 6.45) is 6.07. The van der Waals surface area contributed by atoms with E-state index in [0.29, 0.717) is 99.3 Å². The molecule has 0 spiro atoms. The number of halogens is 4. The van der Waals surface area contributed by atoms with Crippen molar-refractivity contribution in [3.05, 3.63) is 105 Å². The lowest BCUT2D eigenvalue weighted by Crippen LogP contribution is -2.29. The van der Waals surface area contributed by atoms with Crippen LogP contribution in [0.15, 0.2) is 73.6 Å². The van der Waals surface area contributed by atoms with E-state index >= 15 is 0 Å². The fraction of sp³-hybridized carbons (Fsp3) is 0.105. The average Bonchev–Trinajstić information content (AvgIpc) is 3.82. The fourth-order valence-electron chi connectivity index (χ4n) is 5.30. The third kappa shape index (κ3) is 9.65. The summed E-state index contributed by atoms with van der Waals surface area (Å²) in [6, 6.07) is 17.2. The zero-order valence-corrected chi connectivity index (χ0v) is 35.1. The molecular weight excluding hydrogens is 874 g/mol. The van der Waals surface area contributed by atoms with Gasteiger partial charge in [-0.2, -0.15) is 10.5 Å². The SMILES string of the molecule is CC(C)(O)CNc1cc(Nc2nccc3nc(-c4c(Cl)cc(C#N)cc4Cl)sc23)ncn1.N#Cc1cc(Cl)c(-c2nc3ccnc(Nc4cc(N)ncn4)c3s2)c(Cl)c1. The number of aromatic nitrogens is 8. The Labute approximate surface area is 363 Å². The second kappa shape index (κ2) is 17.5. The van der Waals surface area contributed by atoms with Gasteiger partial charge >= 0.3 is 0 Å². The van der Waals surface area contributed by atoms with Gasteiger partial charge < -0.3 is 26.8 Å². The van der Waals surface area contributed by atoms with Crippen molar-refractivity contribution >= 4 is 124 Å². The molecule has 0 unspecified atom stereocenters. The number of hydrogen-bond donors (Lipinski definition) is 5. The number of thiazole rings is 2. The van der Waals surface area contributed by atoms with E-state index in [9.17, 15) is 5.11 Å². The number of rotatable bonds is 9. The predicted octanol–water partition coefficient (Wildman–Crippen LogP) is 9.91. The summed E-state index contributed by atoms with van der Waals surface area (Å²) in [7, 11) is 0. The van der Waals surface area contributed by atoms with E-state index in [0.717, 1.165) is 14.9 Å². The first-order valence-corrected chi connectivity index (χ1v) is 20.1. The Kier molecular flexibility index (Phi) is 12.2. The summed E-state index contributed by atoms with van der Waals surface area (Å²) < 4.78 is 1.60. The number of hydrogen-bond acceptors (Lipinski definition) is 17. The third-order valence-corrected chi connectivity index (χ3v) is 11.3. The first kappa shape index (κ1) is 41.2. The molecule has 15 nitrogen and oxygen atoms in total. The highest BCUT2D eigenvalue weighted by atomic mass is 35.5. The summed E-state index contributed by atoms with van der Waals surface area (Å²) in [5.74, 6) is 3.11. The van der Waals surface area contributed by atoms with E-state index in [1.54, 1.807) is 74.8 Å². The monoisotopic (exact) mass is 898 g/mol. The average molecular weight is 901 g/mol. The molecule has 0 aliphatic carbocycles. The minimum Gasteiger partial charge on any atom is -0.389 e. The molecule has 0 saturated carbocycles. The standard InChI is InChI=1S/C21H17Cl2N7OS.C17H9Cl2N7S/c1-21(2,31)9-26-15-7-16(28-10-27-15)30-19-18-14(3-4-25-19)29-20(32-18)17-12(22)5-11(8-24)6-13(17)23;18-9-3-8(6-20)4-10(19)14(9)17-25-11-1-2-22-16(15(11)27-17)26-13-5-12(21)23-7-24-13/h3-7,10,31H,9H2,1-2H3,(H2,25,26,27,28,30);1-5,7H,(H3,21,22,23,24,26). The van der Waals surface area contributed by atoms with E-state index in [1.165, 1.54) is 35.3 Å². The summed E-state index contributed by atoms with van der Waals surface area (Å²) in [6.45, 7) is 3.75. The van der Waals surface area contributed by atoms with Crippen LogP contribution in [-0.2, 0) is 0 Å². The van der Waals surface area contributed by atoms with Crippen LogP contribution in [0.25, 0.3) is 41.6 Å². The maximum absolute atomic E-state index is 9.89. The normalized spacial score (nSPS) is 11.1. The molecule has 2 aromatic carbocycles. The number of anilines is 6. The molecule has 0 fully saturated rings. The molecule has 8 rings (SSSR count). The Morgan fingerprint density at radius 2 is 1.10 bits per heavy atom. The molecular formula is C38H26Cl4N14OS2. The summed E-state index contributed by atoms with van der Waals surface area (Å²) in [4.78, 5) is 34.4. The zero-order chi connectivity index (χ0) is 41.8. The number of nitrogens with one attached hydrogen (secondary N) is 3. The van der Waals surface area contributed by atoms with Gasteiger partial charge in [-0.1, -0.05) is 46.4 Å². The van der Waals surface area contributed by atoms with Crippen molar-refractivity contribution in [2.45, 2.75) is 19.4 Å². The minimum absolute atomic E-state index is 0.335. The highest BCUT2D eigenvalue weighted by molar-refractivity contribution is 7.22. The highest BCUT2D eigenvalue weighted by Gasteiger charge is 2.19. The van der Waals surface area contributed by atoms with Gasteiger partial charge in [-0.3, -0.25) is 0 Å². The van der Waals surface area contributed by atoms with Crippen LogP contribution in [0.5, 0.6) is 0 Å². The summed E-state index contributed by atoms with van der Waals surface area (Å²) >= 11 is 28.2. The topological polar surface area (TPSA) is 233 Å². The van der Waals surface area contributed by atoms with Gasteiger partial charge in [0.2, 0.25) is 0 Å². The number of benzene rings is 2. The van der Waals surface area contributed by atoms with E-state index in [2.05, 4.69) is 55.8 Å². The maximum Gasteiger partial charge on any atom is 0.151 e. The molecule has 8 aromatic rings. The van der Waals surface area contributed by atoms with E-state index in [-0.39, 0.29) is 0 Å². The highest BCUT2D eigenvalue weighted by Crippen LogP contribution is 2.43. The molecule has 0 atom stereocenters. The van der Waals surface area contributed by atoms with Gasteiger partial charge in [0, 0.05) is 42.2 Å². The summed E-state index contributed by atoms with van der Waals surface area (Å²) in [5, 5.41) is 40.1. The van der Waals surface area contributed by atoms with Crippen LogP contribution in [0.3, 0.4) is 0 Å². The molecule has 6 N–H and O–H groups in total. The van der Waals surface area contributed by atoms with Crippen LogP contribution in [0.4, 0.5) is 34.9 Å². The number of nitrogens with zero attached hydrogens (tertiary/aromatic N) is 10. The quantitative estimate of drug-likeness (QED) is 0.0907. The molecule has 21 heteroatoms. The Balaban J connectivity index is 0.000000181. The molecule has 59 heavy (non-hydrogen) atoms. The number of aliphatic hydroxyl groups is 1. The Bertz CT molecular complexity index is 2910. The van der Waals surface area contributed by atoms with Crippen molar-refractivity contribution in [2.75, 3.05) is 28.2 Å². The molecule has 0 aliphatic heterocycles. The molecule has 0 bridgehead atoms. The smallest absolute Gasteiger partial charge is 0.151 e. The van der Waals surface area contributed by atoms with Crippen LogP contribution in [-0.4, -0.2) is 57.1 Å². The number of nitriles is 2. The van der Waals surface area contributed by atoms with E-state index in [4.69, 9.17) is 62.7 Å². The molecule has 6 aromatic heterocycles. The van der Waals surface area contributed by atoms with Crippen LogP contribution in [0, 0.1) is 22.7 Å². The van der Waals surface area contributed by atoms with Crippen LogP contribution in [0.1, 0.15) is 25.0 Å². The van der Waals surface area contributed by atoms with Crippen molar-refractivity contribution in [1.29, 1.82) is 10.5 Å². The van der Waals surface area contributed by atoms with Crippen molar-refractivity contribution in [3.8, 4) is 33.3 Å². The second-order valence-corrected chi connectivity index (χ2v) is 16.6. The number of fused-ring (bicyclic) bond motifs is 2. The van der Waals surface area contributed by atoms with Crippen LogP contribution < -0.4 is 21.7 Å². The Morgan fingerprint density at radius 1 is 0.661 bits per heavy atom. The molecule has 294 valence electrons. The predicted molar refractivity (Wildman–Crippen MR) is 235 cm³/mol. The molecule has 0 saturated heterocycles. The summed E-state index contributed by atoms with van der Waals surface area (Å²) in [5.41, 5.74) is 8.17. The van der Waals surface area contributed by atoms with Gasteiger partial charge in [-0.15, -0.1) is 22.7 Å². The van der Waals surface area contributed by atoms with Crippen LogP contribution >= 0.6 is 69.1 Å². The van der Waals surface area contributed by atoms with Crippen molar-refractivity contribution < 1.29 is 5.11 Å². The fourth-order valence-corrected chi connectivity index (χ4v) is 9.01.